The largest absolute Gasteiger partial charge is 0.321 e. The Morgan fingerprint density at radius 1 is 1.35 bits per heavy atom. The molecule has 0 aliphatic carbocycles. The van der Waals surface area contributed by atoms with Gasteiger partial charge in [0.05, 0.1) is 10.6 Å². The molecule has 0 fully saturated rings. The Labute approximate surface area is 105 Å². The molecule has 0 aromatic carbocycles. The molecule has 2 aromatic rings. The van der Waals surface area contributed by atoms with Gasteiger partial charge in [-0.2, -0.15) is 0 Å². The van der Waals surface area contributed by atoms with E-state index < -0.39 is 0 Å². The summed E-state index contributed by atoms with van der Waals surface area (Å²) in [6.07, 6.45) is 1.07. The summed E-state index contributed by atoms with van der Waals surface area (Å²) < 4.78 is 0. The predicted octanol–water partition coefficient (Wildman–Crippen LogP) is 2.60. The monoisotopic (exact) mass is 248 g/mol. The molecule has 0 atom stereocenters. The smallest absolute Gasteiger partial charge is 0.252 e. The van der Waals surface area contributed by atoms with Crippen molar-refractivity contribution in [3.8, 4) is 10.6 Å². The zero-order valence-corrected chi connectivity index (χ0v) is 10.6. The second-order valence-corrected chi connectivity index (χ2v) is 4.83. The van der Waals surface area contributed by atoms with Gasteiger partial charge in [0, 0.05) is 12.1 Å². The number of pyridine rings is 1. The van der Waals surface area contributed by atoms with Crippen LogP contribution in [0, 0.1) is 0 Å². The third-order valence-electron chi connectivity index (χ3n) is 2.52. The van der Waals surface area contributed by atoms with Crippen molar-refractivity contribution in [2.75, 3.05) is 6.54 Å². The van der Waals surface area contributed by atoms with E-state index in [1.807, 2.05) is 29.6 Å². The Morgan fingerprint density at radius 3 is 2.88 bits per heavy atom. The van der Waals surface area contributed by atoms with Crippen LogP contribution in [-0.2, 0) is 6.54 Å². The predicted molar refractivity (Wildman–Crippen MR) is 72.4 cm³/mol. The summed E-state index contributed by atoms with van der Waals surface area (Å²) in [5.74, 6) is 0. The molecular formula is C13H16N2OS. The topological polar surface area (TPSA) is 44.9 Å². The molecule has 90 valence electrons. The Kier molecular flexibility index (Phi) is 4.12. The number of hydrogen-bond donors (Lipinski definition) is 2. The highest BCUT2D eigenvalue weighted by atomic mass is 32.1. The van der Waals surface area contributed by atoms with Crippen LogP contribution in [0.25, 0.3) is 10.6 Å². The standard InChI is InChI=1S/C13H16N2OS/c1-2-7-14-9-10-5-6-11(15-13(10)16)12-4-3-8-17-12/h3-6,8,14H,2,7,9H2,1H3,(H,15,16). The molecule has 0 aliphatic rings. The fourth-order valence-electron chi connectivity index (χ4n) is 1.62. The maximum atomic E-state index is 11.8. The third kappa shape index (κ3) is 3.05. The molecule has 0 radical (unpaired) electrons. The van der Waals surface area contributed by atoms with Gasteiger partial charge in [-0.3, -0.25) is 4.79 Å². The first kappa shape index (κ1) is 12.1. The van der Waals surface area contributed by atoms with E-state index in [0.717, 1.165) is 29.1 Å². The lowest BCUT2D eigenvalue weighted by Crippen LogP contribution is -2.21. The first-order valence-electron chi connectivity index (χ1n) is 5.78. The van der Waals surface area contributed by atoms with E-state index in [1.54, 1.807) is 11.3 Å². The van der Waals surface area contributed by atoms with Crippen LogP contribution in [0.3, 0.4) is 0 Å². The Hall–Kier alpha value is -1.39. The minimum absolute atomic E-state index is 0.000460. The molecule has 0 aliphatic heterocycles. The molecule has 3 nitrogen and oxygen atoms in total. The van der Waals surface area contributed by atoms with Crippen LogP contribution in [0.4, 0.5) is 0 Å². The SMILES string of the molecule is CCCNCc1ccc(-c2cccs2)[nH]c1=O. The van der Waals surface area contributed by atoms with Crippen LogP contribution in [0.5, 0.6) is 0 Å². The highest BCUT2D eigenvalue weighted by Crippen LogP contribution is 2.21. The van der Waals surface area contributed by atoms with E-state index in [0.29, 0.717) is 6.54 Å². The van der Waals surface area contributed by atoms with Crippen molar-refractivity contribution >= 4 is 11.3 Å². The van der Waals surface area contributed by atoms with Gasteiger partial charge in [0.15, 0.2) is 0 Å². The van der Waals surface area contributed by atoms with Crippen molar-refractivity contribution in [1.29, 1.82) is 0 Å². The summed E-state index contributed by atoms with van der Waals surface area (Å²) in [5.41, 5.74) is 1.68. The van der Waals surface area contributed by atoms with Crippen LogP contribution in [0.15, 0.2) is 34.4 Å². The lowest BCUT2D eigenvalue weighted by molar-refractivity contribution is 0.671. The van der Waals surface area contributed by atoms with Crippen LogP contribution < -0.4 is 10.9 Å². The van der Waals surface area contributed by atoms with Crippen molar-refractivity contribution in [1.82, 2.24) is 10.3 Å². The van der Waals surface area contributed by atoms with Crippen molar-refractivity contribution in [2.45, 2.75) is 19.9 Å². The quantitative estimate of drug-likeness (QED) is 0.799. The highest BCUT2D eigenvalue weighted by Gasteiger charge is 2.03. The van der Waals surface area contributed by atoms with Crippen molar-refractivity contribution < 1.29 is 0 Å². The fraction of sp³-hybridized carbons (Fsp3) is 0.308. The maximum absolute atomic E-state index is 11.8. The highest BCUT2D eigenvalue weighted by molar-refractivity contribution is 7.13. The van der Waals surface area contributed by atoms with Crippen LogP contribution in [-0.4, -0.2) is 11.5 Å². The van der Waals surface area contributed by atoms with Crippen LogP contribution in [0.1, 0.15) is 18.9 Å². The lowest BCUT2D eigenvalue weighted by Gasteiger charge is -2.03. The zero-order valence-electron chi connectivity index (χ0n) is 9.82. The van der Waals surface area contributed by atoms with Crippen molar-refractivity contribution in [2.24, 2.45) is 0 Å². The Morgan fingerprint density at radius 2 is 2.24 bits per heavy atom. The van der Waals surface area contributed by atoms with E-state index in [1.165, 1.54) is 0 Å². The third-order valence-corrected chi connectivity index (χ3v) is 3.42. The number of thiophene rings is 1. The summed E-state index contributed by atoms with van der Waals surface area (Å²) in [6, 6.07) is 7.85. The number of nitrogens with one attached hydrogen (secondary N) is 2. The van der Waals surface area contributed by atoms with Crippen molar-refractivity contribution in [3.63, 3.8) is 0 Å². The molecule has 4 heteroatoms. The van der Waals surface area contributed by atoms with Gasteiger partial charge in [-0.05, 0) is 30.5 Å². The molecule has 2 aromatic heterocycles. The van der Waals surface area contributed by atoms with Crippen LogP contribution >= 0.6 is 11.3 Å². The number of rotatable bonds is 5. The van der Waals surface area contributed by atoms with Gasteiger partial charge in [-0.1, -0.05) is 19.1 Å². The Balaban J connectivity index is 2.15. The first-order valence-corrected chi connectivity index (χ1v) is 6.66. The van der Waals surface area contributed by atoms with E-state index >= 15 is 0 Å². The van der Waals surface area contributed by atoms with Crippen LogP contribution in [0.2, 0.25) is 0 Å². The maximum Gasteiger partial charge on any atom is 0.252 e. The Bertz CT molecular complexity index is 516. The minimum Gasteiger partial charge on any atom is -0.321 e. The van der Waals surface area contributed by atoms with Gasteiger partial charge in [0.1, 0.15) is 0 Å². The molecule has 0 amide bonds. The minimum atomic E-state index is -0.000460. The molecular weight excluding hydrogens is 232 g/mol. The van der Waals surface area contributed by atoms with Crippen molar-refractivity contribution in [3.05, 3.63) is 45.6 Å². The summed E-state index contributed by atoms with van der Waals surface area (Å²) in [7, 11) is 0. The molecule has 2 N–H and O–H groups in total. The molecule has 2 rings (SSSR count). The molecule has 17 heavy (non-hydrogen) atoms. The molecule has 0 unspecified atom stereocenters. The zero-order chi connectivity index (χ0) is 12.1. The van der Waals surface area contributed by atoms with Gasteiger partial charge in [-0.25, -0.2) is 0 Å². The number of aromatic nitrogens is 1. The van der Waals surface area contributed by atoms with Gasteiger partial charge >= 0.3 is 0 Å². The van der Waals surface area contributed by atoms with E-state index in [9.17, 15) is 4.79 Å². The molecule has 0 saturated heterocycles. The second-order valence-electron chi connectivity index (χ2n) is 3.88. The average molecular weight is 248 g/mol. The summed E-state index contributed by atoms with van der Waals surface area (Å²) in [5, 5.41) is 5.23. The first-order chi connectivity index (χ1) is 8.31. The van der Waals surface area contributed by atoms with Gasteiger partial charge in [0.2, 0.25) is 0 Å². The number of aromatic amines is 1. The fourth-order valence-corrected chi connectivity index (χ4v) is 2.33. The summed E-state index contributed by atoms with van der Waals surface area (Å²) >= 11 is 1.63. The molecule has 2 heterocycles. The van der Waals surface area contributed by atoms with E-state index in [2.05, 4.69) is 17.2 Å². The second kappa shape index (κ2) is 5.80. The summed E-state index contributed by atoms with van der Waals surface area (Å²) in [6.45, 7) is 3.68. The molecule has 0 spiro atoms. The summed E-state index contributed by atoms with van der Waals surface area (Å²) in [4.78, 5) is 15.9. The normalized spacial score (nSPS) is 10.6. The van der Waals surface area contributed by atoms with E-state index in [4.69, 9.17) is 0 Å². The van der Waals surface area contributed by atoms with Gasteiger partial charge in [0.25, 0.3) is 5.56 Å². The van der Waals surface area contributed by atoms with Gasteiger partial charge < -0.3 is 10.3 Å². The lowest BCUT2D eigenvalue weighted by atomic mass is 10.2. The van der Waals surface area contributed by atoms with Gasteiger partial charge in [-0.15, -0.1) is 11.3 Å². The van der Waals surface area contributed by atoms with E-state index in [-0.39, 0.29) is 5.56 Å². The molecule has 0 bridgehead atoms. The molecule has 0 saturated carbocycles. The number of hydrogen-bond acceptors (Lipinski definition) is 3. The average Bonchev–Trinajstić information content (AvgIpc) is 2.85. The number of H-pyrrole nitrogens is 1.